The fourth-order valence-electron chi connectivity index (χ4n) is 4.76. The van der Waals surface area contributed by atoms with E-state index in [1.54, 1.807) is 50.9 Å². The number of amides is 3. The molecule has 0 saturated carbocycles. The van der Waals surface area contributed by atoms with Gasteiger partial charge in [-0.25, -0.2) is 13.2 Å². The first-order valence-corrected chi connectivity index (χ1v) is 15.6. The van der Waals surface area contributed by atoms with Crippen LogP contribution in [0.15, 0.2) is 51.9 Å². The van der Waals surface area contributed by atoms with Gasteiger partial charge in [-0.05, 0) is 63.2 Å². The number of fused-ring (bicyclic) bond motifs is 1. The van der Waals surface area contributed by atoms with Gasteiger partial charge in [-0.3, -0.25) is 9.52 Å². The normalized spacial score (nSPS) is 18.0. The second-order valence-corrected chi connectivity index (χ2v) is 12.9. The summed E-state index contributed by atoms with van der Waals surface area (Å²) < 4.78 is 40.1. The van der Waals surface area contributed by atoms with Gasteiger partial charge in [-0.2, -0.15) is 0 Å². The van der Waals surface area contributed by atoms with Crippen LogP contribution in [0.1, 0.15) is 30.9 Å². The number of nitrogens with one attached hydrogen (secondary N) is 2. The van der Waals surface area contributed by atoms with Crippen LogP contribution < -0.4 is 14.8 Å². The summed E-state index contributed by atoms with van der Waals surface area (Å²) in [6.07, 6.45) is -0.645. The number of sulfonamides is 1. The Morgan fingerprint density at radius 1 is 1.23 bits per heavy atom. The molecule has 0 radical (unpaired) electrons. The van der Waals surface area contributed by atoms with Gasteiger partial charge in [0.25, 0.3) is 10.0 Å². The first-order valence-electron chi connectivity index (χ1n) is 13.7. The van der Waals surface area contributed by atoms with Crippen LogP contribution in [0, 0.1) is 19.8 Å². The molecule has 3 atom stereocenters. The fourth-order valence-corrected chi connectivity index (χ4v) is 5.93. The molecule has 0 fully saturated rings. The number of carbonyl (C=O) groups excluding carboxylic acids is 2. The predicted molar refractivity (Wildman–Crippen MR) is 162 cm³/mol. The Hall–Kier alpha value is -3.81. The van der Waals surface area contributed by atoms with Crippen molar-refractivity contribution < 1.29 is 32.4 Å². The van der Waals surface area contributed by atoms with Crippen LogP contribution in [-0.4, -0.2) is 79.3 Å². The third kappa shape index (κ3) is 7.59. The number of rotatable bonds is 8. The second-order valence-electron chi connectivity index (χ2n) is 10.8. The number of halogens is 1. The lowest BCUT2D eigenvalue weighted by Gasteiger charge is -2.34. The fraction of sp³-hybridized carbons (Fsp3) is 0.414. The van der Waals surface area contributed by atoms with E-state index in [1.165, 1.54) is 29.2 Å². The average molecular weight is 634 g/mol. The summed E-state index contributed by atoms with van der Waals surface area (Å²) in [5.74, 6) is 0.370. The van der Waals surface area contributed by atoms with E-state index in [2.05, 4.69) is 15.2 Å². The van der Waals surface area contributed by atoms with Crippen molar-refractivity contribution in [2.24, 2.45) is 5.92 Å². The maximum atomic E-state index is 13.5. The van der Waals surface area contributed by atoms with E-state index in [0.717, 1.165) is 0 Å². The molecule has 3 aromatic rings. The molecule has 2 heterocycles. The minimum Gasteiger partial charge on any atom is -0.488 e. The highest BCUT2D eigenvalue weighted by Crippen LogP contribution is 2.30. The largest absolute Gasteiger partial charge is 0.488 e. The number of hydrogen-bond donors (Lipinski definition) is 3. The zero-order valence-corrected chi connectivity index (χ0v) is 26.2. The number of hydrogen-bond acceptors (Lipinski definition) is 8. The summed E-state index contributed by atoms with van der Waals surface area (Å²) in [6.45, 7) is 7.29. The van der Waals surface area contributed by atoms with Crippen molar-refractivity contribution in [3.63, 3.8) is 0 Å². The quantitative estimate of drug-likeness (QED) is 0.336. The average Bonchev–Trinajstić information content (AvgIpc) is 3.29. The lowest BCUT2D eigenvalue weighted by molar-refractivity contribution is -0.134. The first-order chi connectivity index (χ1) is 20.3. The lowest BCUT2D eigenvalue weighted by Crippen LogP contribution is -2.48. The molecule has 0 spiro atoms. The number of carbonyl (C=O) groups is 2. The summed E-state index contributed by atoms with van der Waals surface area (Å²) in [6, 6.07) is 9.62. The van der Waals surface area contributed by atoms with Gasteiger partial charge in [0.1, 0.15) is 23.2 Å². The Balaban J connectivity index is 1.62. The van der Waals surface area contributed by atoms with E-state index in [1.807, 2.05) is 6.92 Å². The maximum Gasteiger partial charge on any atom is 0.321 e. The molecule has 12 nitrogen and oxygen atoms in total. The summed E-state index contributed by atoms with van der Waals surface area (Å²) in [7, 11) is -2.30. The number of likely N-dealkylation sites (N-methyl/N-ethyl adjacent to an activating group) is 1. The molecule has 3 amide bonds. The molecule has 1 aliphatic rings. The minimum absolute atomic E-state index is 0.0301. The molecular formula is C29H36ClN5O7S. The van der Waals surface area contributed by atoms with Gasteiger partial charge >= 0.3 is 6.03 Å². The monoisotopic (exact) mass is 633 g/mol. The number of aromatic nitrogens is 1. The van der Waals surface area contributed by atoms with Crippen LogP contribution in [0.3, 0.4) is 0 Å². The molecule has 0 unspecified atom stereocenters. The van der Waals surface area contributed by atoms with Crippen molar-refractivity contribution in [3.8, 4) is 5.75 Å². The number of ether oxygens (including phenoxy) is 1. The predicted octanol–water partition coefficient (Wildman–Crippen LogP) is 4.06. The summed E-state index contributed by atoms with van der Waals surface area (Å²) in [5, 5.41) is 17.0. The molecular weight excluding hydrogens is 598 g/mol. The minimum atomic E-state index is -3.93. The van der Waals surface area contributed by atoms with Gasteiger partial charge in [0.15, 0.2) is 5.76 Å². The highest BCUT2D eigenvalue weighted by Gasteiger charge is 2.32. The van der Waals surface area contributed by atoms with Crippen LogP contribution in [0.25, 0.3) is 0 Å². The summed E-state index contributed by atoms with van der Waals surface area (Å²) in [4.78, 5) is 29.6. The van der Waals surface area contributed by atoms with Crippen LogP contribution in [0.5, 0.6) is 5.75 Å². The highest BCUT2D eigenvalue weighted by molar-refractivity contribution is 7.92. The molecule has 14 heteroatoms. The number of benzene rings is 2. The molecule has 1 aliphatic heterocycles. The number of nitrogens with zero attached hydrogens (tertiary/aromatic N) is 3. The standard InChI is InChI=1S/C29H36ClN5O7S/c1-17-14-35(18(2)16-36)27(37)13-21-12-23(33-43(39,40)24-9-6-22(30)7-10-24)8-11-25(21)41-26(17)15-34(5)29(38)31-28-19(3)32-42-20(28)4/h6-12,17-18,26,33,36H,13-16H2,1-5H3,(H,31,38)/t17-,18-,26+/m0/s1. The Morgan fingerprint density at radius 2 is 1.93 bits per heavy atom. The van der Waals surface area contributed by atoms with Crippen LogP contribution in [0.4, 0.5) is 16.2 Å². The number of aliphatic hydroxyl groups excluding tert-OH is 1. The van der Waals surface area contributed by atoms with Gasteiger partial charge in [-0.15, -0.1) is 0 Å². The smallest absolute Gasteiger partial charge is 0.321 e. The van der Waals surface area contributed by atoms with Crippen LogP contribution in [-0.2, 0) is 21.2 Å². The maximum absolute atomic E-state index is 13.5. The molecule has 232 valence electrons. The molecule has 0 saturated heterocycles. The number of urea groups is 1. The van der Waals surface area contributed by atoms with Crippen molar-refractivity contribution >= 4 is 44.9 Å². The van der Waals surface area contributed by atoms with E-state index in [9.17, 15) is 23.1 Å². The number of aryl methyl sites for hydroxylation is 2. The first kappa shape index (κ1) is 32.1. The Labute approximate surface area is 256 Å². The topological polar surface area (TPSA) is 154 Å². The van der Waals surface area contributed by atoms with Crippen molar-refractivity contribution in [2.45, 2.75) is 51.2 Å². The van der Waals surface area contributed by atoms with Gasteiger partial charge in [0, 0.05) is 35.8 Å². The Morgan fingerprint density at radius 3 is 2.56 bits per heavy atom. The van der Waals surface area contributed by atoms with Gasteiger partial charge in [-0.1, -0.05) is 23.7 Å². The molecule has 1 aromatic heterocycles. The van der Waals surface area contributed by atoms with Gasteiger partial charge < -0.3 is 29.5 Å². The molecule has 2 aromatic carbocycles. The lowest BCUT2D eigenvalue weighted by atomic mass is 10.0. The van der Waals surface area contributed by atoms with Crippen molar-refractivity contribution in [2.75, 3.05) is 36.8 Å². The van der Waals surface area contributed by atoms with E-state index in [4.69, 9.17) is 20.9 Å². The Kier molecular flexibility index (Phi) is 9.88. The summed E-state index contributed by atoms with van der Waals surface area (Å²) >= 11 is 5.90. The highest BCUT2D eigenvalue weighted by atomic mass is 35.5. The van der Waals surface area contributed by atoms with E-state index < -0.39 is 28.2 Å². The summed E-state index contributed by atoms with van der Waals surface area (Å²) in [5.41, 5.74) is 1.74. The van der Waals surface area contributed by atoms with E-state index >= 15 is 0 Å². The second kappa shape index (κ2) is 13.2. The van der Waals surface area contributed by atoms with E-state index in [-0.39, 0.29) is 48.5 Å². The van der Waals surface area contributed by atoms with Crippen molar-refractivity contribution in [3.05, 3.63) is 64.5 Å². The molecule has 3 N–H and O–H groups in total. The zero-order chi connectivity index (χ0) is 31.5. The number of anilines is 2. The molecule has 0 aliphatic carbocycles. The van der Waals surface area contributed by atoms with Gasteiger partial charge in [0.05, 0.1) is 30.5 Å². The van der Waals surface area contributed by atoms with Crippen LogP contribution >= 0.6 is 11.6 Å². The van der Waals surface area contributed by atoms with Gasteiger partial charge in [0.2, 0.25) is 5.91 Å². The van der Waals surface area contributed by atoms with Crippen LogP contribution in [0.2, 0.25) is 5.02 Å². The molecule has 4 rings (SSSR count). The SMILES string of the molecule is Cc1noc(C)c1NC(=O)N(C)C[C@H]1Oc2ccc(NS(=O)(=O)c3ccc(Cl)cc3)cc2CC(=O)N([C@@H](C)CO)C[C@@H]1C. The Bertz CT molecular complexity index is 1560. The zero-order valence-electron chi connectivity index (χ0n) is 24.6. The molecule has 0 bridgehead atoms. The number of aliphatic hydroxyl groups is 1. The van der Waals surface area contributed by atoms with Crippen molar-refractivity contribution in [1.29, 1.82) is 0 Å². The van der Waals surface area contributed by atoms with E-state index in [0.29, 0.717) is 33.5 Å². The molecule has 43 heavy (non-hydrogen) atoms. The van der Waals surface area contributed by atoms with Crippen molar-refractivity contribution in [1.82, 2.24) is 15.0 Å². The third-order valence-electron chi connectivity index (χ3n) is 7.36. The third-order valence-corrected chi connectivity index (χ3v) is 9.01.